The first kappa shape index (κ1) is 12.8. The van der Waals surface area contributed by atoms with Crippen LogP contribution in [0.4, 0.5) is 4.39 Å². The van der Waals surface area contributed by atoms with Crippen LogP contribution < -0.4 is 0 Å². The maximum absolute atomic E-state index is 13.9. The highest BCUT2D eigenvalue weighted by Crippen LogP contribution is 2.29. The van der Waals surface area contributed by atoms with E-state index in [1.165, 1.54) is 6.07 Å². The normalized spacial score (nSPS) is 14.8. The lowest BCUT2D eigenvalue weighted by molar-refractivity contribution is 0.0791. The van der Waals surface area contributed by atoms with Crippen LogP contribution in [0.2, 0.25) is 0 Å². The molecule has 1 fully saturated rings. The van der Waals surface area contributed by atoms with Crippen molar-refractivity contribution in [1.29, 1.82) is 0 Å². The van der Waals surface area contributed by atoms with Crippen LogP contribution in [0.15, 0.2) is 28.8 Å². The molecule has 1 amide bonds. The predicted molar refractivity (Wildman–Crippen MR) is 71.8 cm³/mol. The zero-order chi connectivity index (χ0) is 14.1. The van der Waals surface area contributed by atoms with Crippen molar-refractivity contribution in [2.24, 2.45) is 0 Å². The number of nitrogens with zero attached hydrogens (tertiary/aromatic N) is 2. The second kappa shape index (κ2) is 5.07. The smallest absolute Gasteiger partial charge is 0.259 e. The summed E-state index contributed by atoms with van der Waals surface area (Å²) >= 11 is 0. The molecule has 0 aliphatic carbocycles. The number of benzene rings is 1. The number of aryl methyl sites for hydroxylation is 1. The van der Waals surface area contributed by atoms with Gasteiger partial charge in [0.15, 0.2) is 0 Å². The molecule has 1 aromatic heterocycles. The molecule has 1 aromatic carbocycles. The van der Waals surface area contributed by atoms with E-state index in [1.807, 2.05) is 0 Å². The fourth-order valence-corrected chi connectivity index (χ4v) is 2.54. The lowest BCUT2D eigenvalue weighted by Gasteiger charge is -2.15. The second-order valence-corrected chi connectivity index (χ2v) is 4.94. The Bertz CT molecular complexity index is 645. The van der Waals surface area contributed by atoms with E-state index in [0.29, 0.717) is 16.9 Å². The first-order valence-electron chi connectivity index (χ1n) is 6.69. The van der Waals surface area contributed by atoms with Crippen LogP contribution in [0.3, 0.4) is 0 Å². The first-order valence-corrected chi connectivity index (χ1v) is 6.69. The zero-order valence-corrected chi connectivity index (χ0v) is 11.2. The maximum atomic E-state index is 13.9. The van der Waals surface area contributed by atoms with Crippen molar-refractivity contribution < 1.29 is 13.7 Å². The minimum absolute atomic E-state index is 0.125. The van der Waals surface area contributed by atoms with Crippen LogP contribution in [0.5, 0.6) is 0 Å². The van der Waals surface area contributed by atoms with Crippen molar-refractivity contribution in [3.63, 3.8) is 0 Å². The minimum atomic E-state index is -0.406. The Morgan fingerprint density at radius 3 is 2.70 bits per heavy atom. The summed E-state index contributed by atoms with van der Waals surface area (Å²) in [6, 6.07) is 6.27. The Balaban J connectivity index is 2.06. The van der Waals surface area contributed by atoms with Gasteiger partial charge in [0.2, 0.25) is 0 Å². The molecule has 0 N–H and O–H groups in total. The molecule has 2 aromatic rings. The van der Waals surface area contributed by atoms with Gasteiger partial charge in [0.1, 0.15) is 22.8 Å². The third kappa shape index (κ3) is 2.09. The monoisotopic (exact) mass is 274 g/mol. The molecular weight excluding hydrogens is 259 g/mol. The van der Waals surface area contributed by atoms with Crippen molar-refractivity contribution >= 4 is 5.91 Å². The summed E-state index contributed by atoms with van der Waals surface area (Å²) in [4.78, 5) is 14.3. The van der Waals surface area contributed by atoms with E-state index in [2.05, 4.69) is 5.16 Å². The predicted octanol–water partition coefficient (Wildman–Crippen LogP) is 3.03. The third-order valence-corrected chi connectivity index (χ3v) is 3.60. The Morgan fingerprint density at radius 1 is 1.30 bits per heavy atom. The first-order chi connectivity index (χ1) is 9.68. The lowest BCUT2D eigenvalue weighted by atomic mass is 10.0. The molecule has 1 aliphatic heterocycles. The average molecular weight is 274 g/mol. The highest BCUT2D eigenvalue weighted by molar-refractivity contribution is 6.00. The number of amides is 1. The van der Waals surface area contributed by atoms with Crippen molar-refractivity contribution in [3.05, 3.63) is 41.4 Å². The number of halogens is 1. The summed E-state index contributed by atoms with van der Waals surface area (Å²) < 4.78 is 19.0. The van der Waals surface area contributed by atoms with Crippen LogP contribution in [0.1, 0.15) is 29.0 Å². The van der Waals surface area contributed by atoms with E-state index < -0.39 is 5.82 Å². The van der Waals surface area contributed by atoms with Gasteiger partial charge in [-0.3, -0.25) is 4.79 Å². The molecule has 0 spiro atoms. The van der Waals surface area contributed by atoms with Gasteiger partial charge >= 0.3 is 0 Å². The maximum Gasteiger partial charge on any atom is 0.259 e. The number of aromatic nitrogens is 1. The topological polar surface area (TPSA) is 46.3 Å². The van der Waals surface area contributed by atoms with Crippen molar-refractivity contribution in [2.45, 2.75) is 19.8 Å². The van der Waals surface area contributed by atoms with Gasteiger partial charge in [-0.2, -0.15) is 0 Å². The summed E-state index contributed by atoms with van der Waals surface area (Å²) in [7, 11) is 0. The number of likely N-dealkylation sites (tertiary alicyclic amines) is 1. The van der Waals surface area contributed by atoms with Gasteiger partial charge in [0.05, 0.1) is 0 Å². The van der Waals surface area contributed by atoms with Crippen LogP contribution in [0.25, 0.3) is 11.3 Å². The van der Waals surface area contributed by atoms with E-state index in [1.54, 1.807) is 30.0 Å². The fraction of sp³-hybridized carbons (Fsp3) is 0.333. The largest absolute Gasteiger partial charge is 0.360 e. The van der Waals surface area contributed by atoms with E-state index in [-0.39, 0.29) is 11.6 Å². The van der Waals surface area contributed by atoms with E-state index in [9.17, 15) is 9.18 Å². The van der Waals surface area contributed by atoms with Crippen molar-refractivity contribution in [1.82, 2.24) is 10.1 Å². The summed E-state index contributed by atoms with van der Waals surface area (Å²) in [5, 5.41) is 3.88. The molecule has 1 saturated heterocycles. The molecule has 104 valence electrons. The van der Waals surface area contributed by atoms with Gasteiger partial charge < -0.3 is 9.42 Å². The minimum Gasteiger partial charge on any atom is -0.360 e. The van der Waals surface area contributed by atoms with Crippen LogP contribution in [-0.2, 0) is 0 Å². The van der Waals surface area contributed by atoms with Gasteiger partial charge in [-0.05, 0) is 31.9 Å². The highest BCUT2D eigenvalue weighted by Gasteiger charge is 2.28. The molecule has 0 saturated carbocycles. The van der Waals surface area contributed by atoms with Gasteiger partial charge in [-0.25, -0.2) is 4.39 Å². The molecule has 2 heterocycles. The summed E-state index contributed by atoms with van der Waals surface area (Å²) in [5.74, 6) is -0.101. The van der Waals surface area contributed by atoms with E-state index >= 15 is 0 Å². The number of hydrogen-bond donors (Lipinski definition) is 0. The third-order valence-electron chi connectivity index (χ3n) is 3.60. The molecule has 5 heteroatoms. The highest BCUT2D eigenvalue weighted by atomic mass is 19.1. The number of carbonyl (C=O) groups is 1. The van der Waals surface area contributed by atoms with E-state index in [4.69, 9.17) is 4.52 Å². The van der Waals surface area contributed by atoms with Gasteiger partial charge in [0, 0.05) is 18.7 Å². The number of hydrogen-bond acceptors (Lipinski definition) is 3. The van der Waals surface area contributed by atoms with Gasteiger partial charge in [-0.1, -0.05) is 17.3 Å². The molecule has 20 heavy (non-hydrogen) atoms. The summed E-state index contributed by atoms with van der Waals surface area (Å²) in [6.45, 7) is 3.15. The Morgan fingerprint density at radius 2 is 2.00 bits per heavy atom. The van der Waals surface area contributed by atoms with E-state index in [0.717, 1.165) is 25.9 Å². The molecule has 0 atom stereocenters. The second-order valence-electron chi connectivity index (χ2n) is 4.94. The van der Waals surface area contributed by atoms with Gasteiger partial charge in [-0.15, -0.1) is 0 Å². The van der Waals surface area contributed by atoms with Crippen LogP contribution in [-0.4, -0.2) is 29.1 Å². The Labute approximate surface area is 116 Å². The van der Waals surface area contributed by atoms with Gasteiger partial charge in [0.25, 0.3) is 5.91 Å². The fourth-order valence-electron chi connectivity index (χ4n) is 2.54. The summed E-state index contributed by atoms with van der Waals surface area (Å²) in [6.07, 6.45) is 2.01. The average Bonchev–Trinajstić information content (AvgIpc) is 3.08. The molecule has 0 bridgehead atoms. The quantitative estimate of drug-likeness (QED) is 0.845. The number of rotatable bonds is 2. The molecule has 4 nitrogen and oxygen atoms in total. The molecule has 0 unspecified atom stereocenters. The zero-order valence-electron chi connectivity index (χ0n) is 11.2. The number of carbonyl (C=O) groups excluding carboxylic acids is 1. The lowest BCUT2D eigenvalue weighted by Crippen LogP contribution is -2.28. The standard InChI is InChI=1S/C15H15FN2O2/c1-10-13(15(19)18-8-4-5-9-18)14(17-20-10)11-6-2-3-7-12(11)16/h2-3,6-7H,4-5,8-9H2,1H3. The van der Waals surface area contributed by atoms with Crippen LogP contribution in [0, 0.1) is 12.7 Å². The summed E-state index contributed by atoms with van der Waals surface area (Å²) in [5.41, 5.74) is 0.960. The Kier molecular flexibility index (Phi) is 3.26. The molecule has 0 radical (unpaired) electrons. The van der Waals surface area contributed by atoms with Crippen molar-refractivity contribution in [2.75, 3.05) is 13.1 Å². The van der Waals surface area contributed by atoms with Crippen LogP contribution >= 0.6 is 0 Å². The molecule has 1 aliphatic rings. The van der Waals surface area contributed by atoms with Crippen molar-refractivity contribution in [3.8, 4) is 11.3 Å². The Hall–Kier alpha value is -2.17. The SMILES string of the molecule is Cc1onc(-c2ccccc2F)c1C(=O)N1CCCC1. The molecular formula is C15H15FN2O2. The molecule has 3 rings (SSSR count).